The number of carbonyl (C=O) groups excluding carboxylic acids is 1. The van der Waals surface area contributed by atoms with Crippen molar-refractivity contribution in [1.29, 1.82) is 0 Å². The number of carbonyl (C=O) groups is 2. The molecule has 1 heterocycles. The summed E-state index contributed by atoms with van der Waals surface area (Å²) in [5.41, 5.74) is 6.38. The fourth-order valence-electron chi connectivity index (χ4n) is 2.65. The Morgan fingerprint density at radius 1 is 1.42 bits per heavy atom. The molecule has 5 heteroatoms. The number of nitrogens with zero attached hydrogens (tertiary/aromatic N) is 1. The second-order valence-electron chi connectivity index (χ2n) is 5.22. The lowest BCUT2D eigenvalue weighted by molar-refractivity contribution is -0.142. The van der Waals surface area contributed by atoms with Crippen molar-refractivity contribution in [2.24, 2.45) is 5.73 Å². The lowest BCUT2D eigenvalue weighted by Gasteiger charge is -2.34. The zero-order valence-corrected chi connectivity index (χ0v) is 11.1. The maximum absolute atomic E-state index is 11.5. The van der Waals surface area contributed by atoms with Crippen LogP contribution < -0.4 is 10.6 Å². The first-order chi connectivity index (χ1) is 8.86. The molecule has 5 nitrogen and oxygen atoms in total. The molecule has 0 saturated carbocycles. The molecule has 1 amide bonds. The highest BCUT2D eigenvalue weighted by atomic mass is 16.4. The highest BCUT2D eigenvalue weighted by molar-refractivity contribution is 6.00. The quantitative estimate of drug-likeness (QED) is 0.865. The monoisotopic (exact) mass is 262 g/mol. The summed E-state index contributed by atoms with van der Waals surface area (Å²) in [7, 11) is 0. The zero-order valence-electron chi connectivity index (χ0n) is 11.1. The minimum absolute atomic E-state index is 0.375. The Morgan fingerprint density at radius 3 is 2.68 bits per heavy atom. The molecule has 0 aliphatic carbocycles. The molecule has 102 valence electrons. The Kier molecular flexibility index (Phi) is 3.22. The van der Waals surface area contributed by atoms with Crippen LogP contribution >= 0.6 is 0 Å². The van der Waals surface area contributed by atoms with Gasteiger partial charge in [-0.1, -0.05) is 6.07 Å². The highest BCUT2D eigenvalue weighted by Crippen LogP contribution is 2.36. The van der Waals surface area contributed by atoms with Crippen LogP contribution in [0.15, 0.2) is 18.2 Å². The van der Waals surface area contributed by atoms with Gasteiger partial charge < -0.3 is 15.7 Å². The summed E-state index contributed by atoms with van der Waals surface area (Å²) in [6.07, 6.45) is 1.35. The van der Waals surface area contributed by atoms with Gasteiger partial charge in [-0.2, -0.15) is 0 Å². The summed E-state index contributed by atoms with van der Waals surface area (Å²) in [6.45, 7) is 4.21. The van der Waals surface area contributed by atoms with E-state index in [1.165, 1.54) is 0 Å². The van der Waals surface area contributed by atoms with Crippen molar-refractivity contribution in [3.63, 3.8) is 0 Å². The Balaban J connectivity index is 2.55. The van der Waals surface area contributed by atoms with Gasteiger partial charge in [0.25, 0.3) is 5.91 Å². The molecular formula is C14H18N2O3. The molecule has 0 radical (unpaired) electrons. The van der Waals surface area contributed by atoms with Gasteiger partial charge in [0.05, 0.1) is 11.3 Å². The van der Waals surface area contributed by atoms with Crippen LogP contribution in [0.4, 0.5) is 5.69 Å². The van der Waals surface area contributed by atoms with E-state index in [-0.39, 0.29) is 0 Å². The first kappa shape index (κ1) is 13.4. The molecule has 1 aliphatic heterocycles. The average molecular weight is 262 g/mol. The van der Waals surface area contributed by atoms with E-state index in [1.54, 1.807) is 24.0 Å². The maximum Gasteiger partial charge on any atom is 0.329 e. The van der Waals surface area contributed by atoms with E-state index in [1.807, 2.05) is 13.0 Å². The normalized spacial score (nSPS) is 22.5. The summed E-state index contributed by atoms with van der Waals surface area (Å²) in [6, 6.07) is 5.29. The molecule has 1 aromatic rings. The molecule has 1 saturated heterocycles. The molecule has 2 rings (SSSR count). The van der Waals surface area contributed by atoms with E-state index < -0.39 is 17.4 Å². The van der Waals surface area contributed by atoms with Gasteiger partial charge in [0, 0.05) is 6.54 Å². The van der Waals surface area contributed by atoms with Crippen molar-refractivity contribution >= 4 is 17.6 Å². The van der Waals surface area contributed by atoms with E-state index >= 15 is 0 Å². The lowest BCUT2D eigenvalue weighted by atomic mass is 9.97. The number of aryl methyl sites for hydroxylation is 1. The first-order valence-corrected chi connectivity index (χ1v) is 6.28. The molecular weight excluding hydrogens is 244 g/mol. The molecule has 1 unspecified atom stereocenters. The van der Waals surface area contributed by atoms with Crippen molar-refractivity contribution < 1.29 is 14.7 Å². The van der Waals surface area contributed by atoms with Crippen LogP contribution in [-0.2, 0) is 4.79 Å². The molecule has 1 fully saturated rings. The number of carboxylic acids is 1. The predicted octanol–water partition coefficient (Wildman–Crippen LogP) is 1.54. The summed E-state index contributed by atoms with van der Waals surface area (Å²) in [4.78, 5) is 24.8. The minimum atomic E-state index is -0.974. The number of amides is 1. The number of carboxylic acid groups (broad SMARTS) is 1. The first-order valence-electron chi connectivity index (χ1n) is 6.28. The van der Waals surface area contributed by atoms with Gasteiger partial charge in [-0.15, -0.1) is 0 Å². The number of hydrogen-bond donors (Lipinski definition) is 2. The molecule has 1 atom stereocenters. The second kappa shape index (κ2) is 4.57. The zero-order chi connectivity index (χ0) is 14.2. The molecule has 0 aromatic heterocycles. The lowest BCUT2D eigenvalue weighted by Crippen LogP contribution is -2.48. The number of hydrogen-bond acceptors (Lipinski definition) is 3. The minimum Gasteiger partial charge on any atom is -0.480 e. The molecule has 0 spiro atoms. The number of aliphatic carboxylic acids is 1. The Bertz CT molecular complexity index is 541. The Morgan fingerprint density at radius 2 is 2.11 bits per heavy atom. The van der Waals surface area contributed by atoms with Crippen LogP contribution in [-0.4, -0.2) is 29.1 Å². The molecule has 1 aliphatic rings. The van der Waals surface area contributed by atoms with E-state index in [4.69, 9.17) is 5.73 Å². The van der Waals surface area contributed by atoms with Crippen LogP contribution in [0.1, 0.15) is 35.7 Å². The van der Waals surface area contributed by atoms with Crippen molar-refractivity contribution in [2.45, 2.75) is 32.2 Å². The van der Waals surface area contributed by atoms with E-state index in [0.29, 0.717) is 24.2 Å². The van der Waals surface area contributed by atoms with Crippen LogP contribution in [0.5, 0.6) is 0 Å². The number of anilines is 1. The average Bonchev–Trinajstić information content (AvgIpc) is 2.72. The van der Waals surface area contributed by atoms with Crippen LogP contribution in [0.3, 0.4) is 0 Å². The summed E-state index contributed by atoms with van der Waals surface area (Å²) >= 11 is 0. The third-order valence-electron chi connectivity index (χ3n) is 3.81. The van der Waals surface area contributed by atoms with Gasteiger partial charge in [0.1, 0.15) is 5.54 Å². The van der Waals surface area contributed by atoms with Crippen molar-refractivity contribution in [2.75, 3.05) is 11.4 Å². The Hall–Kier alpha value is -2.04. The van der Waals surface area contributed by atoms with Crippen LogP contribution in [0, 0.1) is 6.92 Å². The van der Waals surface area contributed by atoms with E-state index in [2.05, 4.69) is 0 Å². The van der Waals surface area contributed by atoms with Gasteiger partial charge in [-0.25, -0.2) is 4.79 Å². The Labute approximate surface area is 112 Å². The fourth-order valence-corrected chi connectivity index (χ4v) is 2.65. The van der Waals surface area contributed by atoms with Gasteiger partial charge >= 0.3 is 5.97 Å². The second-order valence-corrected chi connectivity index (χ2v) is 5.22. The van der Waals surface area contributed by atoms with E-state index in [0.717, 1.165) is 12.0 Å². The number of nitrogens with two attached hydrogens (primary N) is 1. The standard InChI is InChI=1S/C14H18N2O3/c1-9-4-5-10(12(15)17)11(8-9)16-7-3-6-14(16,2)13(18)19/h4-5,8H,3,6-7H2,1-2H3,(H2,15,17)(H,18,19). The third kappa shape index (κ3) is 2.16. The molecule has 3 N–H and O–H groups in total. The van der Waals surface area contributed by atoms with E-state index in [9.17, 15) is 14.7 Å². The highest BCUT2D eigenvalue weighted by Gasteiger charge is 2.44. The van der Waals surface area contributed by atoms with Gasteiger partial charge in [-0.3, -0.25) is 4.79 Å². The molecule has 19 heavy (non-hydrogen) atoms. The van der Waals surface area contributed by atoms with Crippen LogP contribution in [0.2, 0.25) is 0 Å². The largest absolute Gasteiger partial charge is 0.480 e. The summed E-state index contributed by atoms with van der Waals surface area (Å²) in [5.74, 6) is -1.41. The summed E-state index contributed by atoms with van der Waals surface area (Å²) in [5, 5.41) is 9.45. The molecule has 0 bridgehead atoms. The number of rotatable bonds is 3. The van der Waals surface area contributed by atoms with Gasteiger partial charge in [-0.05, 0) is 44.4 Å². The number of primary amides is 1. The SMILES string of the molecule is Cc1ccc(C(N)=O)c(N2CCCC2(C)C(=O)O)c1. The topological polar surface area (TPSA) is 83.6 Å². The number of benzene rings is 1. The molecule has 1 aromatic carbocycles. The van der Waals surface area contributed by atoms with Gasteiger partial charge in [0.2, 0.25) is 0 Å². The summed E-state index contributed by atoms with van der Waals surface area (Å²) < 4.78 is 0. The maximum atomic E-state index is 11.5. The fraction of sp³-hybridized carbons (Fsp3) is 0.429. The third-order valence-corrected chi connectivity index (χ3v) is 3.81. The van der Waals surface area contributed by atoms with Crippen LogP contribution in [0.25, 0.3) is 0 Å². The van der Waals surface area contributed by atoms with Crippen molar-refractivity contribution in [1.82, 2.24) is 0 Å². The predicted molar refractivity (Wildman–Crippen MR) is 72.3 cm³/mol. The smallest absolute Gasteiger partial charge is 0.329 e. The van der Waals surface area contributed by atoms with Crippen molar-refractivity contribution in [3.8, 4) is 0 Å². The van der Waals surface area contributed by atoms with Crippen molar-refractivity contribution in [3.05, 3.63) is 29.3 Å². The van der Waals surface area contributed by atoms with Gasteiger partial charge in [0.15, 0.2) is 0 Å².